The highest BCUT2D eigenvalue weighted by Gasteiger charge is 2.37. The number of nitrogens with one attached hydrogen (secondary N) is 1. The minimum Gasteiger partial charge on any atom is -0.314 e. The maximum atomic E-state index is 11.8. The molecule has 2 aliphatic rings. The van der Waals surface area contributed by atoms with Gasteiger partial charge < -0.3 is 5.32 Å². The van der Waals surface area contributed by atoms with Crippen LogP contribution in [0, 0.1) is 0 Å². The van der Waals surface area contributed by atoms with E-state index < -0.39 is 10.0 Å². The predicted octanol–water partition coefficient (Wildman–Crippen LogP) is -0.450. The molecule has 0 aromatic heterocycles. The average molecular weight is 202 g/mol. The van der Waals surface area contributed by atoms with Crippen LogP contribution in [0.15, 0.2) is 12.2 Å². The van der Waals surface area contributed by atoms with Gasteiger partial charge in [0.2, 0.25) is 10.0 Å². The maximum Gasteiger partial charge on any atom is 0.219 e. The summed E-state index contributed by atoms with van der Waals surface area (Å²) in [5.74, 6) is 0. The summed E-state index contributed by atoms with van der Waals surface area (Å²) in [6.07, 6.45) is 0.819. The number of hydrogen-bond acceptors (Lipinski definition) is 3. The van der Waals surface area contributed by atoms with Crippen molar-refractivity contribution in [3.05, 3.63) is 12.2 Å². The van der Waals surface area contributed by atoms with Gasteiger partial charge in [-0.25, -0.2) is 8.42 Å². The molecular weight excluding hydrogens is 188 g/mol. The van der Waals surface area contributed by atoms with Crippen LogP contribution >= 0.6 is 0 Å². The van der Waals surface area contributed by atoms with Crippen molar-refractivity contribution in [3.8, 4) is 0 Å². The normalized spacial score (nSPS) is 26.3. The molecule has 0 aromatic carbocycles. The van der Waals surface area contributed by atoms with Crippen LogP contribution in [0.5, 0.6) is 0 Å². The summed E-state index contributed by atoms with van der Waals surface area (Å²) in [6, 6.07) is 0. The van der Waals surface area contributed by atoms with Crippen LogP contribution in [0.4, 0.5) is 0 Å². The van der Waals surface area contributed by atoms with Gasteiger partial charge >= 0.3 is 0 Å². The van der Waals surface area contributed by atoms with Crippen LogP contribution in [0.1, 0.15) is 6.42 Å². The Hall–Kier alpha value is -0.390. The third-order valence-corrected chi connectivity index (χ3v) is 4.85. The molecule has 2 rings (SSSR count). The Labute approximate surface area is 78.7 Å². The van der Waals surface area contributed by atoms with E-state index in [9.17, 15) is 8.42 Å². The summed E-state index contributed by atoms with van der Waals surface area (Å²) in [6.45, 7) is 6.15. The Morgan fingerprint density at radius 3 is 2.54 bits per heavy atom. The van der Waals surface area contributed by atoms with Gasteiger partial charge in [0.15, 0.2) is 0 Å². The minimum atomic E-state index is -3.02. The standard InChI is InChI=1S/C8H14N2O2S/c1-7-2-3-10(6-7)13(11,12)8-4-9-5-8/h8-9H,1-6H2. The number of nitrogens with zero attached hydrogens (tertiary/aromatic N) is 1. The molecule has 13 heavy (non-hydrogen) atoms. The Morgan fingerprint density at radius 2 is 2.15 bits per heavy atom. The van der Waals surface area contributed by atoms with Gasteiger partial charge in [0.05, 0.1) is 0 Å². The molecule has 2 saturated heterocycles. The SMILES string of the molecule is C=C1CCN(S(=O)(=O)C2CNC2)C1. The lowest BCUT2D eigenvalue weighted by atomic mass is 10.3. The van der Waals surface area contributed by atoms with E-state index in [0.717, 1.165) is 12.0 Å². The largest absolute Gasteiger partial charge is 0.314 e. The summed E-state index contributed by atoms with van der Waals surface area (Å²) >= 11 is 0. The van der Waals surface area contributed by atoms with Crippen LogP contribution in [-0.4, -0.2) is 44.2 Å². The predicted molar refractivity (Wildman–Crippen MR) is 50.9 cm³/mol. The van der Waals surface area contributed by atoms with Crippen molar-refractivity contribution in [2.45, 2.75) is 11.7 Å². The molecule has 74 valence electrons. The third kappa shape index (κ3) is 1.51. The van der Waals surface area contributed by atoms with E-state index in [1.54, 1.807) is 4.31 Å². The molecule has 2 fully saturated rings. The van der Waals surface area contributed by atoms with Crippen LogP contribution in [0.3, 0.4) is 0 Å². The third-order valence-electron chi connectivity index (χ3n) is 2.64. The van der Waals surface area contributed by atoms with Crippen molar-refractivity contribution in [1.29, 1.82) is 0 Å². The summed E-state index contributed by atoms with van der Waals surface area (Å²) in [5.41, 5.74) is 1.02. The van der Waals surface area contributed by atoms with Crippen LogP contribution < -0.4 is 5.32 Å². The van der Waals surface area contributed by atoms with Crippen molar-refractivity contribution in [1.82, 2.24) is 9.62 Å². The van der Waals surface area contributed by atoms with Gasteiger partial charge in [0, 0.05) is 26.2 Å². The first-order valence-electron chi connectivity index (χ1n) is 4.47. The number of rotatable bonds is 2. The first-order chi connectivity index (χ1) is 6.10. The topological polar surface area (TPSA) is 49.4 Å². The number of sulfonamides is 1. The molecule has 0 bridgehead atoms. The van der Waals surface area contributed by atoms with Crippen molar-refractivity contribution < 1.29 is 8.42 Å². The zero-order valence-corrected chi connectivity index (χ0v) is 8.31. The quantitative estimate of drug-likeness (QED) is 0.617. The fourth-order valence-corrected chi connectivity index (χ4v) is 3.38. The molecule has 0 aromatic rings. The molecule has 5 heteroatoms. The van der Waals surface area contributed by atoms with Crippen LogP contribution in [-0.2, 0) is 10.0 Å². The highest BCUT2D eigenvalue weighted by Crippen LogP contribution is 2.21. The van der Waals surface area contributed by atoms with Gasteiger partial charge in [-0.05, 0) is 6.42 Å². The first kappa shape index (κ1) is 9.18. The minimum absolute atomic E-state index is 0.196. The van der Waals surface area contributed by atoms with Gasteiger partial charge in [-0.3, -0.25) is 0 Å². The van der Waals surface area contributed by atoms with Gasteiger partial charge in [-0.1, -0.05) is 12.2 Å². The second-order valence-electron chi connectivity index (χ2n) is 3.66. The lowest BCUT2D eigenvalue weighted by molar-refractivity contribution is 0.432. The summed E-state index contributed by atoms with van der Waals surface area (Å²) < 4.78 is 25.2. The Bertz CT molecular complexity index is 319. The molecule has 0 spiro atoms. The van der Waals surface area contributed by atoms with Crippen molar-refractivity contribution in [3.63, 3.8) is 0 Å². The van der Waals surface area contributed by atoms with Crippen LogP contribution in [0.25, 0.3) is 0 Å². The molecule has 1 N–H and O–H groups in total. The van der Waals surface area contributed by atoms with Crippen LogP contribution in [0.2, 0.25) is 0 Å². The van der Waals surface area contributed by atoms with E-state index in [1.165, 1.54) is 0 Å². The van der Waals surface area contributed by atoms with Crippen molar-refractivity contribution >= 4 is 10.0 Å². The second kappa shape index (κ2) is 3.08. The van der Waals surface area contributed by atoms with E-state index in [2.05, 4.69) is 11.9 Å². The summed E-state index contributed by atoms with van der Waals surface area (Å²) in [7, 11) is -3.02. The smallest absolute Gasteiger partial charge is 0.219 e. The maximum absolute atomic E-state index is 11.8. The Morgan fingerprint density at radius 1 is 1.46 bits per heavy atom. The Kier molecular flexibility index (Phi) is 2.17. The molecule has 0 amide bonds. The van der Waals surface area contributed by atoms with Gasteiger partial charge in [0.1, 0.15) is 5.25 Å². The summed E-state index contributed by atoms with van der Waals surface area (Å²) in [5, 5.41) is 2.78. The van der Waals surface area contributed by atoms with E-state index in [1.807, 2.05) is 0 Å². The zero-order chi connectivity index (χ0) is 9.47. The lowest BCUT2D eigenvalue weighted by Gasteiger charge is -2.30. The molecule has 2 aliphatic heterocycles. The first-order valence-corrected chi connectivity index (χ1v) is 5.97. The molecule has 0 radical (unpaired) electrons. The lowest BCUT2D eigenvalue weighted by Crippen LogP contribution is -2.55. The van der Waals surface area contributed by atoms with E-state index in [4.69, 9.17) is 0 Å². The van der Waals surface area contributed by atoms with E-state index in [-0.39, 0.29) is 5.25 Å². The van der Waals surface area contributed by atoms with Gasteiger partial charge in [0.25, 0.3) is 0 Å². The zero-order valence-electron chi connectivity index (χ0n) is 7.49. The fourth-order valence-electron chi connectivity index (χ4n) is 1.59. The molecule has 4 nitrogen and oxygen atoms in total. The fraction of sp³-hybridized carbons (Fsp3) is 0.750. The Balaban J connectivity index is 2.10. The van der Waals surface area contributed by atoms with E-state index in [0.29, 0.717) is 26.2 Å². The number of hydrogen-bond donors (Lipinski definition) is 1. The molecule has 0 aliphatic carbocycles. The monoisotopic (exact) mass is 202 g/mol. The highest BCUT2D eigenvalue weighted by molar-refractivity contribution is 7.89. The van der Waals surface area contributed by atoms with E-state index >= 15 is 0 Å². The van der Waals surface area contributed by atoms with Crippen molar-refractivity contribution in [2.75, 3.05) is 26.2 Å². The molecular formula is C8H14N2O2S. The van der Waals surface area contributed by atoms with Crippen molar-refractivity contribution in [2.24, 2.45) is 0 Å². The van der Waals surface area contributed by atoms with Gasteiger partial charge in [-0.2, -0.15) is 4.31 Å². The average Bonchev–Trinajstić information content (AvgIpc) is 2.30. The second-order valence-corrected chi connectivity index (χ2v) is 5.87. The molecule has 0 atom stereocenters. The summed E-state index contributed by atoms with van der Waals surface area (Å²) in [4.78, 5) is 0. The highest BCUT2D eigenvalue weighted by atomic mass is 32.2. The molecule has 0 unspecified atom stereocenters. The molecule has 2 heterocycles. The van der Waals surface area contributed by atoms with Gasteiger partial charge in [-0.15, -0.1) is 0 Å². The molecule has 0 saturated carbocycles.